The average molecular weight is 499 g/mol. The number of hydrogen-bond acceptors (Lipinski definition) is 2. The molecule has 1 heterocycles. The topological polar surface area (TPSA) is 26.3 Å². The summed E-state index contributed by atoms with van der Waals surface area (Å²) in [5.41, 5.74) is 6.64. The van der Waals surface area contributed by atoms with Crippen LogP contribution in [0.4, 0.5) is 4.39 Å². The third-order valence-electron chi connectivity index (χ3n) is 8.56. The predicted molar refractivity (Wildman–Crippen MR) is 148 cm³/mol. The number of carbonyl (C=O) groups excluding carboxylic acids is 1. The lowest BCUT2D eigenvalue weighted by atomic mass is 9.75. The molecule has 1 aliphatic carbocycles. The fourth-order valence-electron chi connectivity index (χ4n) is 6.20. The lowest BCUT2D eigenvalue weighted by Crippen LogP contribution is -2.24. The molecule has 37 heavy (non-hydrogen) atoms. The maximum atomic E-state index is 15.7. The Morgan fingerprint density at radius 1 is 0.784 bits per heavy atom. The predicted octanol–water partition coefficient (Wildman–Crippen LogP) is 9.02. The summed E-state index contributed by atoms with van der Waals surface area (Å²) in [5, 5.41) is 0. The molecule has 0 bridgehead atoms. The van der Waals surface area contributed by atoms with Crippen LogP contribution < -0.4 is 0 Å². The van der Waals surface area contributed by atoms with Gasteiger partial charge in [-0.1, -0.05) is 87.4 Å². The summed E-state index contributed by atoms with van der Waals surface area (Å²) in [6.45, 7) is 4.36. The van der Waals surface area contributed by atoms with Gasteiger partial charge in [0.15, 0.2) is 0 Å². The van der Waals surface area contributed by atoms with E-state index in [1.165, 1.54) is 36.0 Å². The van der Waals surface area contributed by atoms with Crippen molar-refractivity contribution in [1.29, 1.82) is 0 Å². The minimum absolute atomic E-state index is 0.153. The van der Waals surface area contributed by atoms with E-state index < -0.39 is 5.97 Å². The van der Waals surface area contributed by atoms with E-state index in [0.717, 1.165) is 49.7 Å². The molecular weight excluding hydrogens is 459 g/mol. The fraction of sp³-hybridized carbons (Fsp3) is 0.441. The van der Waals surface area contributed by atoms with E-state index in [9.17, 15) is 4.79 Å². The molecule has 2 nitrogen and oxygen atoms in total. The molecule has 1 fully saturated rings. The van der Waals surface area contributed by atoms with Crippen LogP contribution in [0.25, 0.3) is 0 Å². The van der Waals surface area contributed by atoms with Gasteiger partial charge in [-0.15, -0.1) is 0 Å². The Labute approximate surface area is 221 Å². The van der Waals surface area contributed by atoms with Gasteiger partial charge in [-0.25, -0.2) is 9.18 Å². The number of halogens is 1. The van der Waals surface area contributed by atoms with Gasteiger partial charge in [0, 0.05) is 6.42 Å². The van der Waals surface area contributed by atoms with E-state index in [0.29, 0.717) is 17.9 Å². The summed E-state index contributed by atoms with van der Waals surface area (Å²) >= 11 is 0. The SMILES string of the molecule is CCCCCc1ccc(C2CCC(c3ccc4c(c3F)C(=O)OC(c3ccc(CC)cc3)C4)CC2)cc1. The second-order valence-corrected chi connectivity index (χ2v) is 10.9. The normalized spacial score (nSPS) is 21.4. The van der Waals surface area contributed by atoms with Gasteiger partial charge in [0.05, 0.1) is 5.56 Å². The quantitative estimate of drug-likeness (QED) is 0.229. The van der Waals surface area contributed by atoms with Gasteiger partial charge in [0.2, 0.25) is 0 Å². The molecule has 5 rings (SSSR count). The van der Waals surface area contributed by atoms with Crippen molar-refractivity contribution >= 4 is 5.97 Å². The van der Waals surface area contributed by atoms with Crippen LogP contribution in [0.3, 0.4) is 0 Å². The zero-order chi connectivity index (χ0) is 25.8. The van der Waals surface area contributed by atoms with Crippen LogP contribution in [-0.4, -0.2) is 5.97 Å². The van der Waals surface area contributed by atoms with Gasteiger partial charge < -0.3 is 4.74 Å². The van der Waals surface area contributed by atoms with Gasteiger partial charge in [-0.05, 0) is 90.2 Å². The van der Waals surface area contributed by atoms with Crippen LogP contribution in [0.5, 0.6) is 0 Å². The standard InChI is InChI=1S/C34H39FO2/c1-3-5-6-7-24-10-12-25(13-11-24)26-16-18-27(19-17-26)30-21-20-29-22-31(37-34(36)32(29)33(30)35)28-14-8-23(4-2)9-15-28/h8-15,20-21,26-27,31H,3-7,16-19,22H2,1-2H3. The smallest absolute Gasteiger partial charge is 0.342 e. The Balaban J connectivity index is 1.24. The summed E-state index contributed by atoms with van der Waals surface area (Å²) in [6.07, 6.45) is 10.1. The minimum Gasteiger partial charge on any atom is -0.453 e. The highest BCUT2D eigenvalue weighted by Crippen LogP contribution is 2.43. The van der Waals surface area contributed by atoms with Crippen molar-refractivity contribution in [1.82, 2.24) is 0 Å². The Kier molecular flexibility index (Phi) is 8.08. The molecule has 194 valence electrons. The number of ether oxygens (including phenoxy) is 1. The highest BCUT2D eigenvalue weighted by molar-refractivity contribution is 5.93. The summed E-state index contributed by atoms with van der Waals surface area (Å²) in [6, 6.07) is 21.2. The van der Waals surface area contributed by atoms with E-state index in [2.05, 4.69) is 50.2 Å². The maximum absolute atomic E-state index is 15.7. The van der Waals surface area contributed by atoms with Crippen molar-refractivity contribution in [2.45, 2.75) is 96.0 Å². The highest BCUT2D eigenvalue weighted by Gasteiger charge is 2.33. The monoisotopic (exact) mass is 498 g/mol. The molecule has 0 saturated heterocycles. The lowest BCUT2D eigenvalue weighted by Gasteiger charge is -2.31. The van der Waals surface area contributed by atoms with Crippen LogP contribution in [0.2, 0.25) is 0 Å². The van der Waals surface area contributed by atoms with Crippen LogP contribution in [0.1, 0.15) is 120 Å². The van der Waals surface area contributed by atoms with E-state index in [1.54, 1.807) is 0 Å². The molecule has 1 saturated carbocycles. The number of aryl methyl sites for hydroxylation is 2. The number of fused-ring (bicyclic) bond motifs is 1. The van der Waals surface area contributed by atoms with Crippen molar-refractivity contribution < 1.29 is 13.9 Å². The molecule has 0 spiro atoms. The third-order valence-corrected chi connectivity index (χ3v) is 8.56. The molecule has 0 amide bonds. The first-order valence-corrected chi connectivity index (χ1v) is 14.3. The molecular formula is C34H39FO2. The van der Waals surface area contributed by atoms with Crippen molar-refractivity contribution in [3.8, 4) is 0 Å². The largest absolute Gasteiger partial charge is 0.453 e. The average Bonchev–Trinajstić information content (AvgIpc) is 2.94. The molecule has 3 heteroatoms. The van der Waals surface area contributed by atoms with Crippen molar-refractivity contribution in [3.63, 3.8) is 0 Å². The Hall–Kier alpha value is -2.94. The van der Waals surface area contributed by atoms with Crippen LogP contribution >= 0.6 is 0 Å². The number of benzene rings is 3. The maximum Gasteiger partial charge on any atom is 0.342 e. The Bertz CT molecular complexity index is 1200. The first-order chi connectivity index (χ1) is 18.1. The molecule has 1 atom stereocenters. The summed E-state index contributed by atoms with van der Waals surface area (Å²) in [5.74, 6) is -0.200. The molecule has 3 aromatic rings. The zero-order valence-electron chi connectivity index (χ0n) is 22.3. The van der Waals surface area contributed by atoms with E-state index in [4.69, 9.17) is 4.74 Å². The van der Waals surface area contributed by atoms with Crippen molar-refractivity contribution in [2.75, 3.05) is 0 Å². The summed E-state index contributed by atoms with van der Waals surface area (Å²) in [7, 11) is 0. The zero-order valence-corrected chi connectivity index (χ0v) is 22.3. The van der Waals surface area contributed by atoms with Crippen molar-refractivity contribution in [3.05, 3.63) is 105 Å². The van der Waals surface area contributed by atoms with Gasteiger partial charge in [-0.3, -0.25) is 0 Å². The second-order valence-electron chi connectivity index (χ2n) is 10.9. The van der Waals surface area contributed by atoms with E-state index in [-0.39, 0.29) is 23.4 Å². The van der Waals surface area contributed by atoms with E-state index in [1.807, 2.05) is 24.3 Å². The van der Waals surface area contributed by atoms with Gasteiger partial charge in [0.1, 0.15) is 11.9 Å². The number of unbranched alkanes of at least 4 members (excludes halogenated alkanes) is 2. The molecule has 1 aliphatic heterocycles. The van der Waals surface area contributed by atoms with Crippen LogP contribution in [0, 0.1) is 5.82 Å². The fourth-order valence-corrected chi connectivity index (χ4v) is 6.20. The Morgan fingerprint density at radius 3 is 2.11 bits per heavy atom. The number of rotatable bonds is 8. The molecule has 0 radical (unpaired) electrons. The van der Waals surface area contributed by atoms with Crippen LogP contribution in [-0.2, 0) is 24.0 Å². The number of esters is 1. The van der Waals surface area contributed by atoms with Gasteiger partial charge in [-0.2, -0.15) is 0 Å². The first kappa shape index (κ1) is 25.7. The summed E-state index contributed by atoms with van der Waals surface area (Å²) < 4.78 is 21.4. The molecule has 3 aromatic carbocycles. The first-order valence-electron chi connectivity index (χ1n) is 14.3. The van der Waals surface area contributed by atoms with E-state index >= 15 is 4.39 Å². The van der Waals surface area contributed by atoms with Gasteiger partial charge >= 0.3 is 5.97 Å². The van der Waals surface area contributed by atoms with Crippen LogP contribution in [0.15, 0.2) is 60.7 Å². The number of cyclic esters (lactones) is 1. The second kappa shape index (κ2) is 11.6. The number of hydrogen-bond donors (Lipinski definition) is 0. The molecule has 1 unspecified atom stereocenters. The molecule has 0 aromatic heterocycles. The lowest BCUT2D eigenvalue weighted by molar-refractivity contribution is 0.0245. The third kappa shape index (κ3) is 5.66. The minimum atomic E-state index is -0.530. The van der Waals surface area contributed by atoms with Crippen molar-refractivity contribution in [2.24, 2.45) is 0 Å². The van der Waals surface area contributed by atoms with Gasteiger partial charge in [0.25, 0.3) is 0 Å². The Morgan fingerprint density at radius 2 is 1.43 bits per heavy atom. The summed E-state index contributed by atoms with van der Waals surface area (Å²) in [4.78, 5) is 12.9. The molecule has 2 aliphatic rings. The number of carbonyl (C=O) groups is 1. The molecule has 0 N–H and O–H groups in total. The highest BCUT2D eigenvalue weighted by atomic mass is 19.1.